The number of aromatic nitrogens is 1. The molecule has 0 radical (unpaired) electrons. The molecule has 0 fully saturated rings. The molecule has 4 rings (SSSR count). The summed E-state index contributed by atoms with van der Waals surface area (Å²) < 4.78 is 16.0. The smallest absolute Gasteiger partial charge is 0.349 e. The lowest BCUT2D eigenvalue weighted by Crippen LogP contribution is -2.08. The molecule has 0 amide bonds. The largest absolute Gasteiger partial charge is 0.478 e. The van der Waals surface area contributed by atoms with Crippen LogP contribution >= 0.6 is 0 Å². The normalized spacial score (nSPS) is 11.0. The summed E-state index contributed by atoms with van der Waals surface area (Å²) in [6.45, 7) is 2.70. The summed E-state index contributed by atoms with van der Waals surface area (Å²) >= 11 is 0. The minimum Gasteiger partial charge on any atom is -0.478 e. The Labute approximate surface area is 181 Å². The van der Waals surface area contributed by atoms with E-state index in [1.807, 2.05) is 6.07 Å². The zero-order valence-electron chi connectivity index (χ0n) is 17.2. The summed E-state index contributed by atoms with van der Waals surface area (Å²) in [5, 5.41) is 13.0. The lowest BCUT2D eigenvalue weighted by Gasteiger charge is -2.07. The van der Waals surface area contributed by atoms with Crippen molar-refractivity contribution in [1.29, 1.82) is 0 Å². The van der Waals surface area contributed by atoms with E-state index < -0.39 is 11.6 Å². The number of carboxylic acid groups (broad SMARTS) is 1. The van der Waals surface area contributed by atoms with Gasteiger partial charge >= 0.3 is 17.6 Å². The topological polar surface area (TPSA) is 132 Å². The van der Waals surface area contributed by atoms with Crippen LogP contribution in [0.5, 0.6) is 0 Å². The van der Waals surface area contributed by atoms with Gasteiger partial charge in [0.15, 0.2) is 5.58 Å². The van der Waals surface area contributed by atoms with Crippen molar-refractivity contribution in [2.24, 2.45) is 0 Å². The molecule has 0 aliphatic rings. The molecule has 0 saturated heterocycles. The summed E-state index contributed by atoms with van der Waals surface area (Å²) in [6, 6.07) is 11.2. The average Bonchev–Trinajstić information content (AvgIpc) is 3.19. The van der Waals surface area contributed by atoms with Gasteiger partial charge in [-0.3, -0.25) is 4.79 Å². The van der Waals surface area contributed by atoms with Crippen LogP contribution in [0.15, 0.2) is 56.1 Å². The molecule has 0 saturated carbocycles. The molecule has 0 bridgehead atoms. The molecule has 0 aliphatic heterocycles. The fraction of sp³-hybridized carbons (Fsp3) is 0.217. The van der Waals surface area contributed by atoms with Gasteiger partial charge in [0.05, 0.1) is 12.2 Å². The number of ether oxygens (including phenoxy) is 1. The maximum Gasteiger partial charge on any atom is 0.349 e. The van der Waals surface area contributed by atoms with Crippen molar-refractivity contribution in [3.05, 3.63) is 58.4 Å². The van der Waals surface area contributed by atoms with Crippen LogP contribution in [0, 0.1) is 0 Å². The number of anilines is 1. The highest BCUT2D eigenvalue weighted by molar-refractivity contribution is 5.92. The van der Waals surface area contributed by atoms with Gasteiger partial charge in [0.1, 0.15) is 16.7 Å². The third kappa shape index (κ3) is 4.46. The summed E-state index contributed by atoms with van der Waals surface area (Å²) in [5.74, 6) is -1.25. The predicted octanol–water partition coefficient (Wildman–Crippen LogP) is 4.05. The Kier molecular flexibility index (Phi) is 5.89. The number of nitrogens with zero attached hydrogens (tertiary/aromatic N) is 1. The van der Waals surface area contributed by atoms with E-state index in [0.717, 1.165) is 5.69 Å². The number of nitrogens with one attached hydrogen (secondary N) is 1. The van der Waals surface area contributed by atoms with Gasteiger partial charge in [0.2, 0.25) is 5.89 Å². The Morgan fingerprint density at radius 2 is 1.94 bits per heavy atom. The Hall–Kier alpha value is -4.14. The quantitative estimate of drug-likeness (QED) is 0.238. The number of hydrogen-bond donors (Lipinski definition) is 2. The van der Waals surface area contributed by atoms with E-state index in [4.69, 9.17) is 18.7 Å². The zero-order valence-corrected chi connectivity index (χ0v) is 17.2. The van der Waals surface area contributed by atoms with E-state index >= 15 is 0 Å². The van der Waals surface area contributed by atoms with Gasteiger partial charge < -0.3 is 24.0 Å². The number of fused-ring (bicyclic) bond motifs is 2. The van der Waals surface area contributed by atoms with Gasteiger partial charge in [-0.15, -0.1) is 0 Å². The second kappa shape index (κ2) is 8.93. The molecule has 32 heavy (non-hydrogen) atoms. The molecule has 164 valence electrons. The van der Waals surface area contributed by atoms with Gasteiger partial charge in [-0.25, -0.2) is 14.6 Å². The van der Waals surface area contributed by atoms with Gasteiger partial charge in [0, 0.05) is 30.1 Å². The number of hydrogen-bond acceptors (Lipinski definition) is 8. The zero-order chi connectivity index (χ0) is 22.7. The van der Waals surface area contributed by atoms with Crippen molar-refractivity contribution in [3.8, 4) is 11.5 Å². The Bertz CT molecular complexity index is 1370. The van der Waals surface area contributed by atoms with Crippen LogP contribution in [0.1, 0.15) is 30.1 Å². The molecule has 2 N–H and O–H groups in total. The number of rotatable bonds is 8. The molecule has 0 atom stereocenters. The third-order valence-electron chi connectivity index (χ3n) is 4.79. The van der Waals surface area contributed by atoms with Crippen LogP contribution < -0.4 is 10.9 Å². The first-order chi connectivity index (χ1) is 15.4. The Balaban J connectivity index is 1.54. The highest BCUT2D eigenvalue weighted by Gasteiger charge is 2.16. The first-order valence-corrected chi connectivity index (χ1v) is 10.1. The van der Waals surface area contributed by atoms with Crippen LogP contribution in [0.2, 0.25) is 0 Å². The van der Waals surface area contributed by atoms with Crippen molar-refractivity contribution in [3.63, 3.8) is 0 Å². The molecule has 4 aromatic rings. The maximum atomic E-state index is 12.6. The SMILES string of the molecule is CCOC(=O)CCCNc1ccc2cc(-c3nc4cc(C(=O)O)ccc4o3)c(=O)oc2c1. The molecule has 9 nitrogen and oxygen atoms in total. The van der Waals surface area contributed by atoms with E-state index in [1.165, 1.54) is 18.2 Å². The molecule has 2 aromatic carbocycles. The van der Waals surface area contributed by atoms with Crippen LogP contribution in [-0.4, -0.2) is 35.2 Å². The van der Waals surface area contributed by atoms with E-state index in [1.54, 1.807) is 25.1 Å². The molecular formula is C23H20N2O7. The van der Waals surface area contributed by atoms with Crippen LogP contribution in [-0.2, 0) is 9.53 Å². The Morgan fingerprint density at radius 3 is 2.72 bits per heavy atom. The number of carbonyl (C=O) groups is 2. The number of carboxylic acids is 1. The van der Waals surface area contributed by atoms with Crippen LogP contribution in [0.25, 0.3) is 33.5 Å². The fourth-order valence-corrected chi connectivity index (χ4v) is 3.24. The summed E-state index contributed by atoms with van der Waals surface area (Å²) in [5.41, 5.74) is 1.43. The lowest BCUT2D eigenvalue weighted by molar-refractivity contribution is -0.143. The highest BCUT2D eigenvalue weighted by atomic mass is 16.5. The lowest BCUT2D eigenvalue weighted by atomic mass is 10.1. The van der Waals surface area contributed by atoms with Crippen molar-refractivity contribution < 1.29 is 28.3 Å². The first kappa shape index (κ1) is 21.1. The van der Waals surface area contributed by atoms with E-state index in [2.05, 4.69) is 10.3 Å². The number of esters is 1. The van der Waals surface area contributed by atoms with Gasteiger partial charge in [-0.2, -0.15) is 0 Å². The van der Waals surface area contributed by atoms with Crippen molar-refractivity contribution in [2.75, 3.05) is 18.5 Å². The fourth-order valence-electron chi connectivity index (χ4n) is 3.24. The van der Waals surface area contributed by atoms with E-state index in [0.29, 0.717) is 48.1 Å². The first-order valence-electron chi connectivity index (χ1n) is 10.1. The van der Waals surface area contributed by atoms with Gasteiger partial charge in [-0.1, -0.05) is 0 Å². The van der Waals surface area contributed by atoms with E-state index in [9.17, 15) is 14.4 Å². The molecule has 9 heteroatoms. The average molecular weight is 436 g/mol. The van der Waals surface area contributed by atoms with Gasteiger partial charge in [-0.05, 0) is 49.7 Å². The second-order valence-electron chi connectivity index (χ2n) is 7.04. The summed E-state index contributed by atoms with van der Waals surface area (Å²) in [6.07, 6.45) is 0.937. The molecule has 0 spiro atoms. The standard InChI is InChI=1S/C23H20N2O7/c1-2-30-20(26)4-3-9-24-15-7-5-13-10-16(23(29)32-19(13)12-15)21-25-17-11-14(22(27)28)6-8-18(17)31-21/h5-8,10-12,24H,2-4,9H2,1H3,(H,27,28). The highest BCUT2D eigenvalue weighted by Crippen LogP contribution is 2.26. The van der Waals surface area contributed by atoms with Crippen molar-refractivity contribution >= 4 is 39.7 Å². The molecule has 2 aromatic heterocycles. The number of oxazole rings is 1. The Morgan fingerprint density at radius 1 is 1.09 bits per heavy atom. The monoisotopic (exact) mass is 436 g/mol. The van der Waals surface area contributed by atoms with E-state index in [-0.39, 0.29) is 23.0 Å². The third-order valence-corrected chi connectivity index (χ3v) is 4.79. The van der Waals surface area contributed by atoms with Gasteiger partial charge in [0.25, 0.3) is 0 Å². The number of benzene rings is 2. The molecule has 0 unspecified atom stereocenters. The summed E-state index contributed by atoms with van der Waals surface area (Å²) in [4.78, 5) is 39.3. The molecular weight excluding hydrogens is 416 g/mol. The minimum absolute atomic E-state index is 0.0550. The van der Waals surface area contributed by atoms with Crippen LogP contribution in [0.4, 0.5) is 5.69 Å². The van der Waals surface area contributed by atoms with Crippen molar-refractivity contribution in [2.45, 2.75) is 19.8 Å². The maximum absolute atomic E-state index is 12.6. The predicted molar refractivity (Wildman–Crippen MR) is 117 cm³/mol. The molecule has 0 aliphatic carbocycles. The van der Waals surface area contributed by atoms with Crippen LogP contribution in [0.3, 0.4) is 0 Å². The molecule has 2 heterocycles. The number of carbonyl (C=O) groups excluding carboxylic acids is 1. The number of aromatic carboxylic acids is 1. The summed E-state index contributed by atoms with van der Waals surface area (Å²) in [7, 11) is 0. The second-order valence-corrected chi connectivity index (χ2v) is 7.04. The minimum atomic E-state index is -1.08. The van der Waals surface area contributed by atoms with Crippen molar-refractivity contribution in [1.82, 2.24) is 4.98 Å².